The second kappa shape index (κ2) is 8.71. The first-order valence-corrected chi connectivity index (χ1v) is 10.5. The van der Waals surface area contributed by atoms with E-state index in [0.717, 1.165) is 5.56 Å². The van der Waals surface area contributed by atoms with Crippen LogP contribution in [0.25, 0.3) is 0 Å². The molecule has 0 aliphatic carbocycles. The van der Waals surface area contributed by atoms with Crippen LogP contribution in [-0.4, -0.2) is 37.3 Å². The zero-order chi connectivity index (χ0) is 21.8. The Morgan fingerprint density at radius 3 is 1.67 bits per heavy atom. The van der Waals surface area contributed by atoms with Gasteiger partial charge >= 0.3 is 0 Å². The number of benzene rings is 3. The lowest BCUT2D eigenvalue weighted by molar-refractivity contribution is 0.0121. The largest absolute Gasteiger partial charge is 0.372 e. The smallest absolute Gasteiger partial charge is 0.297 e. The van der Waals surface area contributed by atoms with Crippen LogP contribution in [0.15, 0.2) is 89.8 Å². The van der Waals surface area contributed by atoms with Gasteiger partial charge in [-0.2, -0.15) is 8.42 Å². The molecule has 0 unspecified atom stereocenters. The van der Waals surface area contributed by atoms with Gasteiger partial charge in [-0.3, -0.25) is 13.8 Å². The molecule has 30 heavy (non-hydrogen) atoms. The zero-order valence-corrected chi connectivity index (χ0v) is 17.0. The van der Waals surface area contributed by atoms with Crippen LogP contribution in [-0.2, 0) is 14.3 Å². The highest BCUT2D eigenvalue weighted by Gasteiger charge is 2.46. The van der Waals surface area contributed by atoms with E-state index >= 15 is 0 Å². The summed E-state index contributed by atoms with van der Waals surface area (Å²) in [6.45, 7) is 0.748. The molecular weight excluding hydrogens is 404 g/mol. The first-order valence-electron chi connectivity index (χ1n) is 9.12. The number of hydrogen-bond donors (Lipinski definition) is 1. The molecule has 1 N–H and O–H groups in total. The predicted octanol–water partition coefficient (Wildman–Crippen LogP) is 3.20. The fourth-order valence-electron chi connectivity index (χ4n) is 2.83. The third-order valence-electron chi connectivity index (χ3n) is 4.56. The Morgan fingerprint density at radius 2 is 1.23 bits per heavy atom. The van der Waals surface area contributed by atoms with E-state index in [1.54, 1.807) is 55.5 Å². The standard InChI is InChI=1S/C23H20O6S/c1-17-12-14-20(15-13-17)30(27,28)29-16-23(26,21(24)18-8-4-2-5-9-18)22(25)19-10-6-3-7-11-19/h2-15,26H,16H2,1H3. The van der Waals surface area contributed by atoms with Crippen molar-refractivity contribution in [2.45, 2.75) is 17.4 Å². The van der Waals surface area contributed by atoms with Crippen molar-refractivity contribution >= 4 is 21.7 Å². The van der Waals surface area contributed by atoms with E-state index in [2.05, 4.69) is 0 Å². The van der Waals surface area contributed by atoms with E-state index in [9.17, 15) is 23.1 Å². The minimum absolute atomic E-state index is 0.0561. The van der Waals surface area contributed by atoms with Crippen LogP contribution in [0.1, 0.15) is 26.3 Å². The number of ketones is 2. The summed E-state index contributed by atoms with van der Waals surface area (Å²) < 4.78 is 30.1. The molecule has 0 spiro atoms. The Balaban J connectivity index is 1.96. The Kier molecular flexibility index (Phi) is 6.26. The zero-order valence-electron chi connectivity index (χ0n) is 16.2. The lowest BCUT2D eigenvalue weighted by Crippen LogP contribution is -2.51. The summed E-state index contributed by atoms with van der Waals surface area (Å²) in [7, 11) is -4.31. The maximum Gasteiger partial charge on any atom is 0.297 e. The molecule has 7 heteroatoms. The topological polar surface area (TPSA) is 97.7 Å². The number of aliphatic hydroxyl groups is 1. The van der Waals surface area contributed by atoms with Gasteiger partial charge in [-0.15, -0.1) is 0 Å². The van der Waals surface area contributed by atoms with Gasteiger partial charge in [0, 0.05) is 11.1 Å². The molecule has 0 saturated carbocycles. The van der Waals surface area contributed by atoms with E-state index < -0.39 is 33.9 Å². The Labute approximate surface area is 174 Å². The third kappa shape index (κ3) is 4.54. The van der Waals surface area contributed by atoms with Crippen LogP contribution >= 0.6 is 0 Å². The fourth-order valence-corrected chi connectivity index (χ4v) is 3.76. The molecular formula is C23H20O6S. The van der Waals surface area contributed by atoms with E-state index in [1.165, 1.54) is 36.4 Å². The first-order chi connectivity index (χ1) is 14.2. The maximum atomic E-state index is 13.0. The van der Waals surface area contributed by atoms with Crippen molar-refractivity contribution in [3.63, 3.8) is 0 Å². The minimum Gasteiger partial charge on any atom is -0.372 e. The van der Waals surface area contributed by atoms with Gasteiger partial charge in [-0.05, 0) is 19.1 Å². The van der Waals surface area contributed by atoms with Crippen LogP contribution in [0.2, 0.25) is 0 Å². The van der Waals surface area contributed by atoms with Crippen molar-refractivity contribution in [3.05, 3.63) is 102 Å². The summed E-state index contributed by atoms with van der Waals surface area (Å²) >= 11 is 0. The van der Waals surface area contributed by atoms with Crippen molar-refractivity contribution in [3.8, 4) is 0 Å². The Hall–Kier alpha value is -3.13. The van der Waals surface area contributed by atoms with Crippen molar-refractivity contribution in [2.75, 3.05) is 6.61 Å². The molecule has 0 aliphatic heterocycles. The lowest BCUT2D eigenvalue weighted by atomic mass is 9.86. The maximum absolute atomic E-state index is 13.0. The summed E-state index contributed by atoms with van der Waals surface area (Å²) in [6, 6.07) is 21.2. The lowest BCUT2D eigenvalue weighted by Gasteiger charge is -2.25. The molecule has 3 rings (SSSR count). The van der Waals surface area contributed by atoms with Gasteiger partial charge in [-0.25, -0.2) is 0 Å². The molecule has 0 bridgehead atoms. The average Bonchev–Trinajstić information content (AvgIpc) is 2.78. The third-order valence-corrected chi connectivity index (χ3v) is 5.83. The molecule has 0 amide bonds. The minimum atomic E-state index is -4.31. The number of rotatable bonds is 8. The Morgan fingerprint density at radius 1 is 0.800 bits per heavy atom. The van der Waals surface area contributed by atoms with Crippen LogP contribution < -0.4 is 0 Å². The van der Waals surface area contributed by atoms with Crippen molar-refractivity contribution < 1.29 is 27.3 Å². The fraction of sp³-hybridized carbons (Fsp3) is 0.130. The molecule has 154 valence electrons. The van der Waals surface area contributed by atoms with Gasteiger partial charge in [-0.1, -0.05) is 78.4 Å². The van der Waals surface area contributed by atoms with Gasteiger partial charge in [0.1, 0.15) is 6.61 Å². The van der Waals surface area contributed by atoms with E-state index in [1.807, 2.05) is 0 Å². The van der Waals surface area contributed by atoms with Crippen LogP contribution in [0, 0.1) is 6.92 Å². The first kappa shape index (κ1) is 21.6. The summed E-state index contributed by atoms with van der Waals surface area (Å²) in [5.74, 6) is -1.90. The number of carbonyl (C=O) groups is 2. The normalized spacial score (nSPS) is 11.8. The van der Waals surface area contributed by atoms with Gasteiger partial charge in [0.2, 0.25) is 17.2 Å². The average molecular weight is 424 g/mol. The monoisotopic (exact) mass is 424 g/mol. The van der Waals surface area contributed by atoms with Crippen LogP contribution in [0.5, 0.6) is 0 Å². The van der Waals surface area contributed by atoms with Crippen LogP contribution in [0.4, 0.5) is 0 Å². The molecule has 0 radical (unpaired) electrons. The highest BCUT2D eigenvalue weighted by molar-refractivity contribution is 7.86. The molecule has 0 saturated heterocycles. The molecule has 0 fully saturated rings. The van der Waals surface area contributed by atoms with Gasteiger partial charge in [0.05, 0.1) is 4.90 Å². The molecule has 0 heterocycles. The number of carbonyl (C=O) groups excluding carboxylic acids is 2. The molecule has 0 atom stereocenters. The van der Waals surface area contributed by atoms with Gasteiger partial charge in [0.15, 0.2) is 0 Å². The highest BCUT2D eigenvalue weighted by Crippen LogP contribution is 2.23. The molecule has 6 nitrogen and oxygen atoms in total. The summed E-state index contributed by atoms with van der Waals surface area (Å²) in [6.07, 6.45) is 0. The van der Waals surface area contributed by atoms with Crippen molar-refractivity contribution in [1.29, 1.82) is 0 Å². The number of hydrogen-bond acceptors (Lipinski definition) is 6. The summed E-state index contributed by atoms with van der Waals surface area (Å²) in [5.41, 5.74) is -1.76. The van der Waals surface area contributed by atoms with Crippen LogP contribution in [0.3, 0.4) is 0 Å². The van der Waals surface area contributed by atoms with Crippen molar-refractivity contribution in [1.82, 2.24) is 0 Å². The van der Waals surface area contributed by atoms with E-state index in [0.29, 0.717) is 0 Å². The van der Waals surface area contributed by atoms with Gasteiger partial charge < -0.3 is 5.11 Å². The second-order valence-corrected chi connectivity index (χ2v) is 8.40. The summed E-state index contributed by atoms with van der Waals surface area (Å²) in [5, 5.41) is 11.1. The predicted molar refractivity (Wildman–Crippen MR) is 111 cm³/mol. The Bertz CT molecular complexity index is 1090. The quantitative estimate of drug-likeness (QED) is 0.339. The molecule has 3 aromatic rings. The number of Topliss-reactive ketones (excluding diaryl/α,β-unsaturated/α-hetero) is 2. The van der Waals surface area contributed by atoms with E-state index in [4.69, 9.17) is 4.18 Å². The SMILES string of the molecule is Cc1ccc(S(=O)(=O)OCC(O)(C(=O)c2ccccc2)C(=O)c2ccccc2)cc1. The van der Waals surface area contributed by atoms with Crippen molar-refractivity contribution in [2.24, 2.45) is 0 Å². The van der Waals surface area contributed by atoms with E-state index in [-0.39, 0.29) is 16.0 Å². The summed E-state index contributed by atoms with van der Waals surface area (Å²) in [4.78, 5) is 25.9. The molecule has 0 aromatic heterocycles. The highest BCUT2D eigenvalue weighted by atomic mass is 32.2. The van der Waals surface area contributed by atoms with Gasteiger partial charge in [0.25, 0.3) is 10.1 Å². The molecule has 0 aliphatic rings. The molecule has 3 aromatic carbocycles. The second-order valence-electron chi connectivity index (χ2n) is 6.78. The number of aryl methyl sites for hydroxylation is 1.